The highest BCUT2D eigenvalue weighted by atomic mass is 32.2. The second-order valence-electron chi connectivity index (χ2n) is 12.1. The number of rotatable bonds is 9. The van der Waals surface area contributed by atoms with Crippen molar-refractivity contribution >= 4 is 104 Å². The molecule has 6 N–H and O–H groups in total. The van der Waals surface area contributed by atoms with Crippen molar-refractivity contribution in [2.75, 3.05) is 11.2 Å². The third-order valence-corrected chi connectivity index (χ3v) is 11.0. The van der Waals surface area contributed by atoms with E-state index in [-0.39, 0.29) is 55.7 Å². The molecule has 7 rings (SSSR count). The summed E-state index contributed by atoms with van der Waals surface area (Å²) in [6, 6.07) is 26.0. The van der Waals surface area contributed by atoms with Gasteiger partial charge in [-0.15, -0.1) is 15.3 Å². The van der Waals surface area contributed by atoms with E-state index in [0.717, 1.165) is 24.3 Å². The molecule has 0 fully saturated rings. The van der Waals surface area contributed by atoms with Crippen molar-refractivity contribution in [3.8, 4) is 0 Å². The summed E-state index contributed by atoms with van der Waals surface area (Å²) >= 11 is 0. The van der Waals surface area contributed by atoms with Crippen LogP contribution in [0.3, 0.4) is 0 Å². The van der Waals surface area contributed by atoms with E-state index in [4.69, 9.17) is 5.73 Å². The number of anilines is 2. The molecule has 0 spiro atoms. The first kappa shape index (κ1) is 37.8. The van der Waals surface area contributed by atoms with Gasteiger partial charge in [0.05, 0.1) is 38.2 Å². The highest BCUT2D eigenvalue weighted by Crippen LogP contribution is 2.39. The standard InChI is InChI=1S/C36H25N7O10S3/c37-21-6-9-25-20(16-21)17-34(56(51,52)53)35(36(25)44)43-42-31-13-15-33(29-19-24(55(48,49)50)8-11-27(29)31)41-40-30-12-14-32(39-38-22-4-2-1-3-5-22)28-18-23(54(45,46)47)7-10-26(28)30/h1-19,42H,37H2,(H,45,46,47)(H,48,49,50)(H,51,52,53)/b39-38?,41-40?,43-35+. The Balaban J connectivity index is 1.32. The molecule has 0 radical (unpaired) electrons. The van der Waals surface area contributed by atoms with E-state index in [0.29, 0.717) is 11.1 Å². The van der Waals surface area contributed by atoms with Crippen molar-refractivity contribution in [2.45, 2.75) is 9.79 Å². The number of fused-ring (bicyclic) bond motifs is 3. The predicted octanol–water partition coefficient (Wildman–Crippen LogP) is 7.79. The lowest BCUT2D eigenvalue weighted by Gasteiger charge is -2.17. The summed E-state index contributed by atoms with van der Waals surface area (Å²) in [6.45, 7) is 0. The molecule has 0 aromatic heterocycles. The number of hydrogen-bond donors (Lipinski definition) is 5. The lowest BCUT2D eigenvalue weighted by atomic mass is 9.94. The lowest BCUT2D eigenvalue weighted by Crippen LogP contribution is -2.27. The summed E-state index contributed by atoms with van der Waals surface area (Å²) in [7, 11) is -14.3. The first-order chi connectivity index (χ1) is 26.5. The highest BCUT2D eigenvalue weighted by molar-refractivity contribution is 7.91. The molecule has 20 heteroatoms. The normalized spacial score (nSPS) is 14.5. The van der Waals surface area contributed by atoms with Crippen LogP contribution >= 0.6 is 0 Å². The molecule has 0 saturated carbocycles. The average Bonchev–Trinajstić information content (AvgIpc) is 3.15. The van der Waals surface area contributed by atoms with Gasteiger partial charge in [0.25, 0.3) is 30.4 Å². The number of allylic oxidation sites excluding steroid dienone is 1. The van der Waals surface area contributed by atoms with Crippen molar-refractivity contribution in [3.63, 3.8) is 0 Å². The molecule has 1 aliphatic carbocycles. The number of azo groups is 2. The van der Waals surface area contributed by atoms with Gasteiger partial charge in [-0.05, 0) is 90.5 Å². The SMILES string of the molecule is Nc1ccc2c(c1)C=C(S(=O)(=O)O)/C(=N\Nc1ccc(N=Nc3ccc(N=Nc4ccccc4)c4cc(S(=O)(=O)O)ccc34)c3cc(S(=O)(=O)O)ccc13)C2=O. The van der Waals surface area contributed by atoms with Gasteiger partial charge in [0.1, 0.15) is 4.91 Å². The quantitative estimate of drug-likeness (QED) is 0.0405. The molecule has 0 aliphatic heterocycles. The van der Waals surface area contributed by atoms with Crippen LogP contribution in [0.2, 0.25) is 0 Å². The van der Waals surface area contributed by atoms with Crippen LogP contribution < -0.4 is 11.2 Å². The van der Waals surface area contributed by atoms with Gasteiger partial charge in [0.15, 0.2) is 5.71 Å². The van der Waals surface area contributed by atoms with Crippen LogP contribution in [0.4, 0.5) is 34.1 Å². The molecule has 0 heterocycles. The number of ketones is 1. The largest absolute Gasteiger partial charge is 0.399 e. The van der Waals surface area contributed by atoms with Gasteiger partial charge in [-0.3, -0.25) is 23.9 Å². The van der Waals surface area contributed by atoms with Gasteiger partial charge < -0.3 is 5.73 Å². The molecule has 6 aromatic carbocycles. The van der Waals surface area contributed by atoms with Crippen molar-refractivity contribution in [2.24, 2.45) is 25.6 Å². The van der Waals surface area contributed by atoms with Crippen LogP contribution in [0.25, 0.3) is 27.6 Å². The van der Waals surface area contributed by atoms with Gasteiger partial charge >= 0.3 is 0 Å². The highest BCUT2D eigenvalue weighted by Gasteiger charge is 2.33. The number of nitrogen functional groups attached to an aromatic ring is 1. The van der Waals surface area contributed by atoms with Crippen LogP contribution in [-0.4, -0.2) is 50.4 Å². The number of nitrogens with zero attached hydrogens (tertiary/aromatic N) is 5. The van der Waals surface area contributed by atoms with E-state index >= 15 is 0 Å². The zero-order valence-electron chi connectivity index (χ0n) is 28.2. The fourth-order valence-electron chi connectivity index (χ4n) is 5.78. The molecule has 0 bridgehead atoms. The Labute approximate surface area is 317 Å². The maximum atomic E-state index is 13.4. The van der Waals surface area contributed by atoms with Crippen LogP contribution in [0, 0.1) is 0 Å². The second kappa shape index (κ2) is 14.3. The fraction of sp³-hybridized carbons (Fsp3) is 0. The van der Waals surface area contributed by atoms with E-state index in [9.17, 15) is 43.7 Å². The first-order valence-corrected chi connectivity index (χ1v) is 20.2. The minimum Gasteiger partial charge on any atom is -0.399 e. The van der Waals surface area contributed by atoms with Crippen LogP contribution in [0.15, 0.2) is 149 Å². The minimum absolute atomic E-state index is 0.0676. The van der Waals surface area contributed by atoms with Crippen LogP contribution in [0.5, 0.6) is 0 Å². The van der Waals surface area contributed by atoms with Crippen molar-refractivity contribution in [3.05, 3.63) is 125 Å². The van der Waals surface area contributed by atoms with E-state index in [1.807, 2.05) is 0 Å². The monoisotopic (exact) mass is 811 g/mol. The van der Waals surface area contributed by atoms with E-state index in [2.05, 4.69) is 31.0 Å². The van der Waals surface area contributed by atoms with Crippen molar-refractivity contribution in [1.29, 1.82) is 0 Å². The predicted molar refractivity (Wildman–Crippen MR) is 208 cm³/mol. The van der Waals surface area contributed by atoms with Gasteiger partial charge in [-0.1, -0.05) is 30.3 Å². The number of carbonyl (C=O) groups excluding carboxylic acids is 1. The van der Waals surface area contributed by atoms with Crippen molar-refractivity contribution < 1.29 is 43.7 Å². The van der Waals surface area contributed by atoms with Crippen LogP contribution in [-0.2, 0) is 30.4 Å². The average molecular weight is 812 g/mol. The Morgan fingerprint density at radius 1 is 0.554 bits per heavy atom. The van der Waals surface area contributed by atoms with E-state index < -0.39 is 56.5 Å². The third kappa shape index (κ3) is 7.68. The Morgan fingerprint density at radius 3 is 1.71 bits per heavy atom. The zero-order chi connectivity index (χ0) is 40.0. The number of carbonyl (C=O) groups is 1. The Hall–Kier alpha value is -6.55. The summed E-state index contributed by atoms with van der Waals surface area (Å²) in [4.78, 5) is 11.7. The molecule has 6 aromatic rings. The summed E-state index contributed by atoms with van der Waals surface area (Å²) in [5, 5.41) is 22.1. The fourth-order valence-corrected chi connectivity index (χ4v) is 7.45. The maximum absolute atomic E-state index is 13.4. The van der Waals surface area contributed by atoms with E-state index in [1.54, 1.807) is 30.3 Å². The van der Waals surface area contributed by atoms with Crippen LogP contribution in [0.1, 0.15) is 15.9 Å². The number of hydrogen-bond acceptors (Lipinski definition) is 14. The Bertz CT molecular complexity index is 3110. The summed E-state index contributed by atoms with van der Waals surface area (Å²) in [5.74, 6) is -0.838. The number of nitrogens with two attached hydrogens (primary N) is 1. The molecule has 1 aliphatic rings. The maximum Gasteiger partial charge on any atom is 0.296 e. The second-order valence-corrected chi connectivity index (χ2v) is 16.3. The first-order valence-electron chi connectivity index (χ1n) is 15.9. The Kier molecular flexibility index (Phi) is 9.62. The number of nitrogens with one attached hydrogen (secondary N) is 1. The summed E-state index contributed by atoms with van der Waals surface area (Å²) in [5.41, 5.74) is 9.38. The number of hydrazone groups is 1. The number of benzene rings is 6. The van der Waals surface area contributed by atoms with Gasteiger partial charge in [0.2, 0.25) is 5.78 Å². The zero-order valence-corrected chi connectivity index (χ0v) is 30.7. The number of Topliss-reactive ketones (excluding diaryl/α,β-unsaturated/α-hetero) is 1. The summed E-state index contributed by atoms with van der Waals surface area (Å²) in [6.07, 6.45) is 1.05. The molecular formula is C36H25N7O10S3. The summed E-state index contributed by atoms with van der Waals surface area (Å²) < 4.78 is 102. The molecule has 282 valence electrons. The molecule has 17 nitrogen and oxygen atoms in total. The van der Waals surface area contributed by atoms with Gasteiger partial charge in [-0.25, -0.2) is 0 Å². The van der Waals surface area contributed by atoms with Gasteiger partial charge in [0, 0.05) is 32.8 Å². The molecule has 0 amide bonds. The minimum atomic E-state index is -4.96. The third-order valence-electron chi connectivity index (χ3n) is 8.42. The van der Waals surface area contributed by atoms with E-state index in [1.165, 1.54) is 60.7 Å². The molecular weight excluding hydrogens is 787 g/mol. The Morgan fingerprint density at radius 2 is 1.11 bits per heavy atom. The van der Waals surface area contributed by atoms with Crippen molar-refractivity contribution in [1.82, 2.24) is 0 Å². The topological polar surface area (TPSA) is 280 Å². The lowest BCUT2D eigenvalue weighted by molar-refractivity contribution is 0.106. The molecule has 0 unspecified atom stereocenters. The smallest absolute Gasteiger partial charge is 0.296 e. The van der Waals surface area contributed by atoms with Gasteiger partial charge in [-0.2, -0.15) is 35.5 Å². The molecule has 56 heavy (non-hydrogen) atoms. The molecule has 0 atom stereocenters. The molecule has 0 saturated heterocycles.